The van der Waals surface area contributed by atoms with Gasteiger partial charge in [0, 0.05) is 0 Å². The van der Waals surface area contributed by atoms with E-state index in [1.165, 1.54) is 12.1 Å². The van der Waals surface area contributed by atoms with Gasteiger partial charge in [0.1, 0.15) is 5.82 Å². The molecule has 0 spiro atoms. The second-order valence-electron chi connectivity index (χ2n) is 5.74. The minimum Gasteiger partial charge on any atom is -0.338 e. The number of halogens is 1. The second-order valence-corrected chi connectivity index (χ2v) is 5.74. The summed E-state index contributed by atoms with van der Waals surface area (Å²) in [6, 6.07) is 6.60. The fraction of sp³-hybridized carbons (Fsp3) is 0.467. The molecule has 0 aliphatic carbocycles. The van der Waals surface area contributed by atoms with E-state index in [0.717, 1.165) is 24.9 Å². The van der Waals surface area contributed by atoms with Gasteiger partial charge in [-0.25, -0.2) is 4.39 Å². The minimum atomic E-state index is -0.409. The predicted molar refractivity (Wildman–Crippen MR) is 72.8 cm³/mol. The first kappa shape index (κ1) is 13.2. The lowest BCUT2D eigenvalue weighted by Crippen LogP contribution is -2.21. The van der Waals surface area contributed by atoms with Crippen molar-refractivity contribution in [1.29, 1.82) is 0 Å². The number of hydrogen-bond acceptors (Lipinski definition) is 4. The Hall–Kier alpha value is -1.75. The van der Waals surface area contributed by atoms with Gasteiger partial charge in [0.2, 0.25) is 5.89 Å². The number of nitrogens with one attached hydrogen (secondary N) is 1. The molecule has 1 fully saturated rings. The van der Waals surface area contributed by atoms with Gasteiger partial charge in [0.15, 0.2) is 5.82 Å². The highest BCUT2D eigenvalue weighted by Crippen LogP contribution is 2.31. The lowest BCUT2D eigenvalue weighted by molar-refractivity contribution is 0.337. The van der Waals surface area contributed by atoms with E-state index in [1.54, 1.807) is 12.1 Å². The van der Waals surface area contributed by atoms with Crippen LogP contribution in [0.4, 0.5) is 4.39 Å². The van der Waals surface area contributed by atoms with Crippen LogP contribution in [0.15, 0.2) is 28.8 Å². The molecule has 1 saturated heterocycles. The molecule has 0 radical (unpaired) electrons. The summed E-state index contributed by atoms with van der Waals surface area (Å²) in [5.41, 5.74) is 0.555. The first-order chi connectivity index (χ1) is 9.57. The zero-order chi connectivity index (χ0) is 14.2. The maximum Gasteiger partial charge on any atom is 0.243 e. The average Bonchev–Trinajstić information content (AvgIpc) is 3.10. The van der Waals surface area contributed by atoms with E-state index in [1.807, 2.05) is 13.8 Å². The third-order valence-electron chi connectivity index (χ3n) is 3.93. The van der Waals surface area contributed by atoms with Gasteiger partial charge in [-0.05, 0) is 50.9 Å². The molecule has 2 aromatic rings. The van der Waals surface area contributed by atoms with E-state index in [-0.39, 0.29) is 11.9 Å². The van der Waals surface area contributed by atoms with Crippen LogP contribution < -0.4 is 5.32 Å². The smallest absolute Gasteiger partial charge is 0.243 e. The molecule has 1 atom stereocenters. The molecule has 0 bridgehead atoms. The number of aromatic nitrogens is 2. The SMILES string of the molecule is CC(C)(c1ccc(F)cc1)c1noc(C2CCCN2)n1. The Bertz CT molecular complexity index is 585. The van der Waals surface area contributed by atoms with Crippen LogP contribution in [0.25, 0.3) is 0 Å². The normalized spacial score (nSPS) is 19.4. The standard InChI is InChI=1S/C15H18FN3O/c1-15(2,10-5-7-11(16)8-6-10)14-18-13(20-19-14)12-4-3-9-17-12/h5-8,12,17H,3-4,9H2,1-2H3. The summed E-state index contributed by atoms with van der Waals surface area (Å²) < 4.78 is 18.4. The summed E-state index contributed by atoms with van der Waals surface area (Å²) in [6.45, 7) is 5.01. The van der Waals surface area contributed by atoms with E-state index < -0.39 is 5.41 Å². The second kappa shape index (κ2) is 4.98. The van der Waals surface area contributed by atoms with Crippen LogP contribution in [0.3, 0.4) is 0 Å². The maximum absolute atomic E-state index is 13.0. The quantitative estimate of drug-likeness (QED) is 0.935. The molecule has 4 nitrogen and oxygen atoms in total. The van der Waals surface area contributed by atoms with Crippen molar-refractivity contribution in [3.63, 3.8) is 0 Å². The summed E-state index contributed by atoms with van der Waals surface area (Å²) in [5.74, 6) is 1.04. The van der Waals surface area contributed by atoms with Gasteiger partial charge in [-0.3, -0.25) is 0 Å². The Labute approximate surface area is 117 Å². The van der Waals surface area contributed by atoms with Crippen molar-refractivity contribution in [2.24, 2.45) is 0 Å². The summed E-state index contributed by atoms with van der Waals surface area (Å²) in [4.78, 5) is 4.53. The molecule has 20 heavy (non-hydrogen) atoms. The van der Waals surface area contributed by atoms with Gasteiger partial charge in [0.25, 0.3) is 0 Å². The van der Waals surface area contributed by atoms with Gasteiger partial charge in [0.05, 0.1) is 11.5 Å². The molecule has 1 aliphatic rings. The van der Waals surface area contributed by atoms with Gasteiger partial charge < -0.3 is 9.84 Å². The highest BCUT2D eigenvalue weighted by Gasteiger charge is 2.31. The zero-order valence-corrected chi connectivity index (χ0v) is 11.7. The van der Waals surface area contributed by atoms with Crippen LogP contribution in [-0.2, 0) is 5.41 Å². The van der Waals surface area contributed by atoms with E-state index in [0.29, 0.717) is 11.7 Å². The lowest BCUT2D eigenvalue weighted by Gasteiger charge is -2.20. The van der Waals surface area contributed by atoms with E-state index in [9.17, 15) is 4.39 Å². The Kier molecular flexibility index (Phi) is 3.30. The highest BCUT2D eigenvalue weighted by molar-refractivity contribution is 5.30. The largest absolute Gasteiger partial charge is 0.338 e. The van der Waals surface area contributed by atoms with Gasteiger partial charge >= 0.3 is 0 Å². The summed E-state index contributed by atoms with van der Waals surface area (Å²) in [5, 5.41) is 7.45. The molecular formula is C15H18FN3O. The molecule has 0 saturated carbocycles. The van der Waals surface area contributed by atoms with Crippen molar-refractivity contribution in [1.82, 2.24) is 15.5 Å². The molecule has 1 aromatic carbocycles. The van der Waals surface area contributed by atoms with Gasteiger partial charge in [-0.2, -0.15) is 4.98 Å². The van der Waals surface area contributed by atoms with Crippen molar-refractivity contribution in [3.05, 3.63) is 47.4 Å². The first-order valence-corrected chi connectivity index (χ1v) is 6.91. The molecule has 5 heteroatoms. The molecule has 1 unspecified atom stereocenters. The van der Waals surface area contributed by atoms with E-state index in [2.05, 4.69) is 15.5 Å². The molecule has 0 amide bonds. The number of benzene rings is 1. The minimum absolute atomic E-state index is 0.167. The van der Waals surface area contributed by atoms with Crippen LogP contribution >= 0.6 is 0 Å². The monoisotopic (exact) mass is 275 g/mol. The molecular weight excluding hydrogens is 257 g/mol. The Morgan fingerprint density at radius 2 is 2.05 bits per heavy atom. The topological polar surface area (TPSA) is 51.0 Å². The molecule has 1 N–H and O–H groups in total. The van der Waals surface area contributed by atoms with Crippen molar-refractivity contribution in [3.8, 4) is 0 Å². The van der Waals surface area contributed by atoms with Crippen molar-refractivity contribution >= 4 is 0 Å². The fourth-order valence-electron chi connectivity index (χ4n) is 2.52. The molecule has 1 aliphatic heterocycles. The van der Waals surface area contributed by atoms with Crippen molar-refractivity contribution < 1.29 is 8.91 Å². The van der Waals surface area contributed by atoms with Crippen LogP contribution in [-0.4, -0.2) is 16.7 Å². The van der Waals surface area contributed by atoms with Crippen molar-refractivity contribution in [2.45, 2.75) is 38.1 Å². The number of nitrogens with zero attached hydrogens (tertiary/aromatic N) is 2. The third-order valence-corrected chi connectivity index (χ3v) is 3.93. The van der Waals surface area contributed by atoms with Gasteiger partial charge in [-0.15, -0.1) is 0 Å². The first-order valence-electron chi connectivity index (χ1n) is 6.91. The van der Waals surface area contributed by atoms with Gasteiger partial charge in [-0.1, -0.05) is 17.3 Å². The molecule has 3 rings (SSSR count). The summed E-state index contributed by atoms with van der Waals surface area (Å²) >= 11 is 0. The molecule has 106 valence electrons. The summed E-state index contributed by atoms with van der Waals surface area (Å²) in [7, 11) is 0. The third kappa shape index (κ3) is 2.33. The average molecular weight is 275 g/mol. The van der Waals surface area contributed by atoms with Crippen LogP contribution in [0.1, 0.15) is 50.0 Å². The van der Waals surface area contributed by atoms with Crippen LogP contribution in [0.2, 0.25) is 0 Å². The predicted octanol–water partition coefficient (Wildman–Crippen LogP) is 2.96. The Balaban J connectivity index is 1.88. The zero-order valence-electron chi connectivity index (χ0n) is 11.7. The van der Waals surface area contributed by atoms with Crippen LogP contribution in [0.5, 0.6) is 0 Å². The number of hydrogen-bond donors (Lipinski definition) is 1. The van der Waals surface area contributed by atoms with E-state index >= 15 is 0 Å². The maximum atomic E-state index is 13.0. The Morgan fingerprint density at radius 1 is 1.30 bits per heavy atom. The fourth-order valence-corrected chi connectivity index (χ4v) is 2.52. The summed E-state index contributed by atoms with van der Waals surface area (Å²) in [6.07, 6.45) is 2.16. The van der Waals surface area contributed by atoms with E-state index in [4.69, 9.17) is 4.52 Å². The molecule has 2 heterocycles. The van der Waals surface area contributed by atoms with Crippen LogP contribution in [0, 0.1) is 5.82 Å². The highest BCUT2D eigenvalue weighted by atomic mass is 19.1. The Morgan fingerprint density at radius 3 is 2.70 bits per heavy atom. The lowest BCUT2D eigenvalue weighted by atomic mass is 9.84. The number of rotatable bonds is 3. The molecule has 1 aromatic heterocycles. The van der Waals surface area contributed by atoms with Crippen molar-refractivity contribution in [2.75, 3.05) is 6.54 Å².